The molecule has 30 heavy (non-hydrogen) atoms. The van der Waals surface area contributed by atoms with Gasteiger partial charge in [0.25, 0.3) is 5.91 Å². The van der Waals surface area contributed by atoms with Gasteiger partial charge in [0.2, 0.25) is 0 Å². The first-order valence-electron chi connectivity index (χ1n) is 8.99. The maximum Gasteiger partial charge on any atom is 0.418 e. The summed E-state index contributed by atoms with van der Waals surface area (Å²) in [6, 6.07) is 4.46. The van der Waals surface area contributed by atoms with E-state index < -0.39 is 41.4 Å². The Hall–Kier alpha value is -3.30. The van der Waals surface area contributed by atoms with Gasteiger partial charge in [-0.15, -0.1) is 0 Å². The van der Waals surface area contributed by atoms with Crippen LogP contribution in [0, 0.1) is 6.92 Å². The van der Waals surface area contributed by atoms with Gasteiger partial charge in [-0.2, -0.15) is 13.2 Å². The lowest BCUT2D eigenvalue weighted by Gasteiger charge is -2.16. The number of hydrogen-bond acceptors (Lipinski definition) is 5. The van der Waals surface area contributed by atoms with E-state index in [0.717, 1.165) is 12.1 Å². The number of H-pyrrole nitrogens is 1. The Bertz CT molecular complexity index is 966. The Kier molecular flexibility index (Phi) is 6.91. The number of amides is 1. The standard InChI is InChI=1S/C20H21F3N2O5/c1-5-13-15(18(27)29-4)10(2)16(24-13)19(28)30-11(3)17(26)25-14-9-7-6-8-12(14)20(21,22)23/h6-9,11,24H,5H2,1-4H3,(H,25,26). The molecule has 0 aliphatic carbocycles. The first-order chi connectivity index (χ1) is 14.0. The summed E-state index contributed by atoms with van der Waals surface area (Å²) in [5, 5.41) is 2.12. The number of aromatic nitrogens is 1. The SMILES string of the molecule is CCc1[nH]c(C(=O)OC(C)C(=O)Nc2ccccc2C(F)(F)F)c(C)c1C(=O)OC. The zero-order valence-corrected chi connectivity index (χ0v) is 16.8. The summed E-state index contributed by atoms with van der Waals surface area (Å²) in [5.41, 5.74) is -0.561. The molecule has 0 fully saturated rings. The molecular weight excluding hydrogens is 405 g/mol. The first kappa shape index (κ1) is 23.0. The Morgan fingerprint density at radius 3 is 2.37 bits per heavy atom. The molecule has 0 radical (unpaired) electrons. The van der Waals surface area contributed by atoms with E-state index in [2.05, 4.69) is 10.3 Å². The molecule has 1 atom stereocenters. The molecule has 1 heterocycles. The number of benzene rings is 1. The van der Waals surface area contributed by atoms with Gasteiger partial charge in [0.05, 0.1) is 23.9 Å². The van der Waals surface area contributed by atoms with Crippen molar-refractivity contribution in [2.24, 2.45) is 0 Å². The predicted molar refractivity (Wildman–Crippen MR) is 101 cm³/mol. The fourth-order valence-corrected chi connectivity index (χ4v) is 2.85. The van der Waals surface area contributed by atoms with Gasteiger partial charge in [0.15, 0.2) is 6.10 Å². The Morgan fingerprint density at radius 1 is 1.17 bits per heavy atom. The number of carbonyl (C=O) groups is 3. The van der Waals surface area contributed by atoms with E-state index in [1.807, 2.05) is 0 Å². The van der Waals surface area contributed by atoms with E-state index in [9.17, 15) is 27.6 Å². The number of esters is 2. The van der Waals surface area contributed by atoms with Crippen LogP contribution in [0.5, 0.6) is 0 Å². The molecular formula is C20H21F3N2O5. The zero-order valence-electron chi connectivity index (χ0n) is 16.8. The van der Waals surface area contributed by atoms with Crippen molar-refractivity contribution in [3.63, 3.8) is 0 Å². The van der Waals surface area contributed by atoms with Crippen LogP contribution in [0.25, 0.3) is 0 Å². The Balaban J connectivity index is 2.18. The summed E-state index contributed by atoms with van der Waals surface area (Å²) in [6.07, 6.45) is -5.65. The number of nitrogens with one attached hydrogen (secondary N) is 2. The van der Waals surface area contributed by atoms with E-state index in [1.165, 1.54) is 33.1 Å². The smallest absolute Gasteiger partial charge is 0.418 e. The highest BCUT2D eigenvalue weighted by Gasteiger charge is 2.34. The van der Waals surface area contributed by atoms with Crippen LogP contribution in [-0.4, -0.2) is 36.0 Å². The highest BCUT2D eigenvalue weighted by atomic mass is 19.4. The number of alkyl halides is 3. The third kappa shape index (κ3) is 4.81. The highest BCUT2D eigenvalue weighted by molar-refractivity contribution is 6.00. The van der Waals surface area contributed by atoms with Crippen LogP contribution in [-0.2, 0) is 26.9 Å². The van der Waals surface area contributed by atoms with E-state index in [4.69, 9.17) is 9.47 Å². The minimum absolute atomic E-state index is 0.0393. The molecule has 1 aromatic carbocycles. The van der Waals surface area contributed by atoms with Gasteiger partial charge in [-0.3, -0.25) is 4.79 Å². The second-order valence-corrected chi connectivity index (χ2v) is 6.40. The molecule has 0 aliphatic rings. The van der Waals surface area contributed by atoms with Crippen LogP contribution < -0.4 is 5.32 Å². The monoisotopic (exact) mass is 426 g/mol. The normalized spacial score (nSPS) is 12.2. The van der Waals surface area contributed by atoms with Crippen molar-refractivity contribution in [3.8, 4) is 0 Å². The number of aryl methyl sites for hydroxylation is 1. The summed E-state index contributed by atoms with van der Waals surface area (Å²) in [5.74, 6) is -2.49. The lowest BCUT2D eigenvalue weighted by molar-refractivity contribution is -0.137. The molecule has 10 heteroatoms. The van der Waals surface area contributed by atoms with Gasteiger partial charge in [0.1, 0.15) is 5.69 Å². The Labute approximate surface area is 170 Å². The largest absolute Gasteiger partial charge is 0.465 e. The minimum atomic E-state index is -4.66. The van der Waals surface area contributed by atoms with Crippen molar-refractivity contribution >= 4 is 23.5 Å². The lowest BCUT2D eigenvalue weighted by Crippen LogP contribution is -2.31. The van der Waals surface area contributed by atoms with Gasteiger partial charge >= 0.3 is 18.1 Å². The highest BCUT2D eigenvalue weighted by Crippen LogP contribution is 2.34. The first-order valence-corrected chi connectivity index (χ1v) is 8.99. The predicted octanol–water partition coefficient (Wildman–Crippen LogP) is 3.87. The zero-order chi connectivity index (χ0) is 22.6. The molecule has 7 nitrogen and oxygen atoms in total. The fourth-order valence-electron chi connectivity index (χ4n) is 2.85. The van der Waals surface area contributed by atoms with Crippen LogP contribution in [0.15, 0.2) is 24.3 Å². The number of aromatic amines is 1. The molecule has 0 saturated heterocycles. The number of anilines is 1. The molecule has 2 aromatic rings. The van der Waals surface area contributed by atoms with Crippen LogP contribution >= 0.6 is 0 Å². The molecule has 2 rings (SSSR count). The van der Waals surface area contributed by atoms with Crippen molar-refractivity contribution < 1.29 is 37.0 Å². The molecule has 0 bridgehead atoms. The number of rotatable bonds is 6. The second-order valence-electron chi connectivity index (χ2n) is 6.40. The molecule has 1 amide bonds. The number of ether oxygens (including phenoxy) is 2. The number of carbonyl (C=O) groups excluding carboxylic acids is 3. The van der Waals surface area contributed by atoms with E-state index in [-0.39, 0.29) is 11.3 Å². The third-order valence-corrected chi connectivity index (χ3v) is 4.42. The molecule has 0 saturated carbocycles. The average Bonchev–Trinajstić information content (AvgIpc) is 3.03. The van der Waals surface area contributed by atoms with Gasteiger partial charge in [0, 0.05) is 5.69 Å². The van der Waals surface area contributed by atoms with Crippen molar-refractivity contribution in [2.75, 3.05) is 12.4 Å². The van der Waals surface area contributed by atoms with Crippen molar-refractivity contribution in [2.45, 2.75) is 39.5 Å². The fraction of sp³-hybridized carbons (Fsp3) is 0.350. The van der Waals surface area contributed by atoms with Crippen molar-refractivity contribution in [1.82, 2.24) is 4.98 Å². The summed E-state index contributed by atoms with van der Waals surface area (Å²) >= 11 is 0. The quantitative estimate of drug-likeness (QED) is 0.684. The van der Waals surface area contributed by atoms with Gasteiger partial charge in [-0.25, -0.2) is 9.59 Å². The summed E-state index contributed by atoms with van der Waals surface area (Å²) in [4.78, 5) is 39.5. The number of hydrogen-bond donors (Lipinski definition) is 2. The molecule has 0 spiro atoms. The summed E-state index contributed by atoms with van der Waals surface area (Å²) in [7, 11) is 1.21. The van der Waals surface area contributed by atoms with Crippen LogP contribution in [0.1, 0.15) is 51.5 Å². The van der Waals surface area contributed by atoms with Crippen LogP contribution in [0.3, 0.4) is 0 Å². The van der Waals surface area contributed by atoms with Gasteiger partial charge in [-0.05, 0) is 38.0 Å². The molecule has 1 aromatic heterocycles. The maximum atomic E-state index is 13.1. The van der Waals surface area contributed by atoms with Crippen molar-refractivity contribution in [3.05, 3.63) is 52.3 Å². The van der Waals surface area contributed by atoms with Crippen molar-refractivity contribution in [1.29, 1.82) is 0 Å². The van der Waals surface area contributed by atoms with Crippen LogP contribution in [0.4, 0.5) is 18.9 Å². The molecule has 0 aliphatic heterocycles. The maximum absolute atomic E-state index is 13.1. The average molecular weight is 426 g/mol. The topological polar surface area (TPSA) is 97.5 Å². The van der Waals surface area contributed by atoms with E-state index >= 15 is 0 Å². The number of halogens is 3. The second kappa shape index (κ2) is 9.02. The van der Waals surface area contributed by atoms with Gasteiger partial charge in [-0.1, -0.05) is 19.1 Å². The minimum Gasteiger partial charge on any atom is -0.465 e. The van der Waals surface area contributed by atoms with E-state index in [0.29, 0.717) is 17.7 Å². The third-order valence-electron chi connectivity index (χ3n) is 4.42. The van der Waals surface area contributed by atoms with Crippen LogP contribution in [0.2, 0.25) is 0 Å². The van der Waals surface area contributed by atoms with Gasteiger partial charge < -0.3 is 19.8 Å². The van der Waals surface area contributed by atoms with E-state index in [1.54, 1.807) is 6.92 Å². The number of para-hydroxylation sites is 1. The molecule has 1 unspecified atom stereocenters. The lowest BCUT2D eigenvalue weighted by atomic mass is 10.1. The Morgan fingerprint density at radius 2 is 1.80 bits per heavy atom. The summed E-state index contributed by atoms with van der Waals surface area (Å²) < 4.78 is 49.0. The molecule has 2 N–H and O–H groups in total. The molecule has 162 valence electrons. The number of methoxy groups -OCH3 is 1. The summed E-state index contributed by atoms with van der Waals surface area (Å²) in [6.45, 7) is 4.51.